The van der Waals surface area contributed by atoms with Crippen LogP contribution in [0.3, 0.4) is 0 Å². The summed E-state index contributed by atoms with van der Waals surface area (Å²) in [6.07, 6.45) is 6.40. The van der Waals surface area contributed by atoms with Crippen molar-refractivity contribution in [3.63, 3.8) is 0 Å². The van der Waals surface area contributed by atoms with Crippen molar-refractivity contribution in [3.8, 4) is 0 Å². The molecule has 0 spiro atoms. The third-order valence-electron chi connectivity index (χ3n) is 6.10. The lowest BCUT2D eigenvalue weighted by Gasteiger charge is -1.74. The van der Waals surface area contributed by atoms with Gasteiger partial charge in [-0.25, -0.2) is 14.3 Å². The molecule has 0 radical (unpaired) electrons. The molecule has 10 heterocycles. The van der Waals surface area contributed by atoms with E-state index in [4.69, 9.17) is 0 Å². The Morgan fingerprint density at radius 3 is 1.02 bits per heavy atom. The summed E-state index contributed by atoms with van der Waals surface area (Å²) in [5.74, 6) is 3.05. The fraction of sp³-hybridized carbons (Fsp3) is 0.644. The predicted octanol–water partition coefficient (Wildman–Crippen LogP) is 21.5. The molecule has 0 aliphatic rings. The van der Waals surface area contributed by atoms with Gasteiger partial charge in [0.25, 0.3) is 0 Å². The van der Waals surface area contributed by atoms with Gasteiger partial charge in [-0.3, -0.25) is 0 Å². The number of nitrogens with one attached hydrogen (secondary N) is 1. The molecule has 0 aliphatic heterocycles. The zero-order chi connectivity index (χ0) is 64.7. The summed E-state index contributed by atoms with van der Waals surface area (Å²) in [4.78, 5) is 10.1. The summed E-state index contributed by atoms with van der Waals surface area (Å²) >= 11 is 8.67. The quantitative estimate of drug-likeness (QED) is 0.147. The second-order valence-corrected chi connectivity index (χ2v) is 16.6. The van der Waals surface area contributed by atoms with Crippen molar-refractivity contribution in [2.75, 3.05) is 0 Å². The van der Waals surface area contributed by atoms with E-state index in [0.29, 0.717) is 5.89 Å². The van der Waals surface area contributed by atoms with Crippen molar-refractivity contribution in [2.45, 2.75) is 267 Å². The van der Waals surface area contributed by atoms with Gasteiger partial charge in [0.2, 0.25) is 12.3 Å². The molecule has 10 rings (SSSR count). The zero-order valence-corrected chi connectivity index (χ0v) is 59.7. The van der Waals surface area contributed by atoms with Crippen LogP contribution in [0.1, 0.15) is 248 Å². The molecule has 23 nitrogen and oxygen atoms in total. The highest BCUT2D eigenvalue weighted by Gasteiger charge is 1.94. The molecule has 0 unspecified atom stereocenters. The Hall–Kier alpha value is -6.01. The van der Waals surface area contributed by atoms with Crippen molar-refractivity contribution in [3.05, 3.63) is 119 Å². The Labute approximate surface area is 563 Å². The Morgan fingerprint density at radius 2 is 0.920 bits per heavy atom. The highest BCUT2D eigenvalue weighted by atomic mass is 32.1. The Bertz CT molecular complexity index is 1960. The maximum atomic E-state index is 4.61. The highest BCUT2D eigenvalue weighted by Crippen LogP contribution is 2.00. The van der Waals surface area contributed by atoms with Crippen LogP contribution in [0.4, 0.5) is 0 Å². The van der Waals surface area contributed by atoms with Gasteiger partial charge in [-0.1, -0.05) is 186 Å². The number of aryl methyl sites for hydroxylation is 13. The number of nitrogens with zero attached hydrogens (tertiary/aromatic N) is 19. The first-order valence-electron chi connectivity index (χ1n) is 26.8. The standard InChI is InChI=1S/C4H7N3.2C4H6N2O.C4H5NS.C3H4N2O.5C3H4N2S.9C2H6.7CH4/c1-3-4(2)6-7-5-3;2*1-3-4(2)7-6-5-3;1-4-2-3-5-6-4;2*1-3-5-4-2-6-3;1-3-4-2-6-5-3;1-3-4-2-5-6-3;1-3-2-6-5-4-3;1-3-2-4-5-6-3;9*1-2;;;;;;;/h1-2H3,(H,5,6,7);2*1-2H3;2-3H,1H3;6*2H,1H3;9*1-2H3;7*1H4. The van der Waals surface area contributed by atoms with Gasteiger partial charge in [0.1, 0.15) is 44.6 Å². The third kappa shape index (κ3) is 93.7. The topological polar surface area (TPSA) is 300 Å². The molecule has 0 amide bonds. The van der Waals surface area contributed by atoms with Crippen molar-refractivity contribution in [1.29, 1.82) is 0 Å². The Morgan fingerprint density at radius 1 is 0.432 bits per heavy atom. The average Bonchev–Trinajstić information content (AvgIpc) is 4.33. The van der Waals surface area contributed by atoms with Gasteiger partial charge >= 0.3 is 0 Å². The summed E-state index contributed by atoms with van der Waals surface area (Å²) in [7, 11) is 0. The van der Waals surface area contributed by atoms with Gasteiger partial charge < -0.3 is 13.5 Å². The first-order valence-corrected chi connectivity index (χ1v) is 31.7. The minimum absolute atomic E-state index is 0. The van der Waals surface area contributed by atoms with Gasteiger partial charge in [0.15, 0.2) is 11.5 Å². The fourth-order valence-electron chi connectivity index (χ4n) is 2.51. The Kier molecular flexibility index (Phi) is 148. The summed E-state index contributed by atoms with van der Waals surface area (Å²) in [5.41, 5.74) is 8.10. The average molecular weight is 1360 g/mol. The van der Waals surface area contributed by atoms with Crippen LogP contribution in [0.25, 0.3) is 0 Å². The van der Waals surface area contributed by atoms with E-state index >= 15 is 0 Å². The van der Waals surface area contributed by atoms with E-state index in [-0.39, 0.29) is 52.0 Å². The van der Waals surface area contributed by atoms with Crippen LogP contribution in [-0.4, -0.2) is 98.8 Å². The first kappa shape index (κ1) is 124. The second-order valence-electron chi connectivity index (χ2n) is 11.4. The zero-order valence-electron chi connectivity index (χ0n) is 54.8. The van der Waals surface area contributed by atoms with Gasteiger partial charge in [-0.2, -0.15) is 24.2 Å². The maximum absolute atomic E-state index is 4.61. The van der Waals surface area contributed by atoms with Crippen LogP contribution in [0, 0.1) is 90.0 Å². The lowest BCUT2D eigenvalue weighted by molar-refractivity contribution is 0.373. The number of aromatic amines is 1. The van der Waals surface area contributed by atoms with E-state index in [1.54, 1.807) is 48.0 Å². The molecule has 29 heteroatoms. The summed E-state index contributed by atoms with van der Waals surface area (Å²) < 4.78 is 32.5. The van der Waals surface area contributed by atoms with Gasteiger partial charge in [-0.15, -0.1) is 52.1 Å². The molecule has 1 N–H and O–H groups in total. The SMILES string of the molecule is C.C.C.C.C.C.C.CC.CC.CC.CC.CC.CC.CC.CC.CC.Cc1ccns1.Cc1cnns1.Cc1csnn1.Cc1n[nH]nc1C.Cc1ncns1.Cc1ncsn1.Cc1nnco1.Cc1nncs1.Cc1nnoc1C.Cc1nnoc1C. The largest absolute Gasteiger partial charge is 0.428 e. The van der Waals surface area contributed by atoms with E-state index < -0.39 is 0 Å². The van der Waals surface area contributed by atoms with E-state index in [2.05, 4.69) is 112 Å². The van der Waals surface area contributed by atoms with Crippen molar-refractivity contribution < 1.29 is 13.5 Å². The normalized spacial score (nSPS) is 7.08. The van der Waals surface area contributed by atoms with Crippen molar-refractivity contribution >= 4 is 69.0 Å². The van der Waals surface area contributed by atoms with Crippen LogP contribution in [0.15, 0.2) is 61.0 Å². The second kappa shape index (κ2) is 106. The van der Waals surface area contributed by atoms with E-state index in [0.717, 1.165) is 60.7 Å². The summed E-state index contributed by atoms with van der Waals surface area (Å²) in [6.45, 7) is 60.6. The van der Waals surface area contributed by atoms with E-state index in [1.165, 1.54) is 68.9 Å². The molecule has 10 aromatic rings. The predicted molar refractivity (Wildman–Crippen MR) is 392 cm³/mol. The van der Waals surface area contributed by atoms with Crippen LogP contribution in [-0.2, 0) is 0 Å². The van der Waals surface area contributed by atoms with Gasteiger partial charge in [0.05, 0.1) is 23.3 Å². The van der Waals surface area contributed by atoms with Crippen LogP contribution in [0.5, 0.6) is 0 Å². The van der Waals surface area contributed by atoms with Crippen LogP contribution >= 0.6 is 69.0 Å². The molecular weight excluding hydrogens is 1230 g/mol. The molecule has 0 atom stereocenters. The minimum atomic E-state index is 0. The molecule has 0 saturated carbocycles. The number of hydrogen-bond acceptors (Lipinski definition) is 28. The minimum Gasteiger partial charge on any atom is -0.428 e. The van der Waals surface area contributed by atoms with E-state index in [1.807, 2.05) is 219 Å². The lowest BCUT2D eigenvalue weighted by atomic mass is 10.4. The third-order valence-corrected chi connectivity index (χ3v) is 9.71. The molecule has 0 aliphatic carbocycles. The van der Waals surface area contributed by atoms with Crippen molar-refractivity contribution in [1.82, 2.24) is 98.8 Å². The number of H-pyrrole nitrogens is 1. The highest BCUT2D eigenvalue weighted by molar-refractivity contribution is 7.09. The molecule has 88 heavy (non-hydrogen) atoms. The number of hydrogen-bond donors (Lipinski definition) is 1. The number of rotatable bonds is 0. The molecule has 10 aromatic heterocycles. The maximum Gasteiger partial charge on any atom is 0.213 e. The number of aromatic nitrogens is 20. The first-order chi connectivity index (χ1) is 39.2. The van der Waals surface area contributed by atoms with Crippen LogP contribution in [0.2, 0.25) is 0 Å². The molecule has 0 fully saturated rings. The molecule has 0 aromatic carbocycles. The fourth-order valence-corrected chi connectivity index (χ4v) is 4.79. The smallest absolute Gasteiger partial charge is 0.213 e. The monoisotopic (exact) mass is 1360 g/mol. The van der Waals surface area contributed by atoms with Crippen LogP contribution < -0.4 is 0 Å². The van der Waals surface area contributed by atoms with Crippen molar-refractivity contribution in [2.24, 2.45) is 0 Å². The van der Waals surface area contributed by atoms with E-state index in [9.17, 15) is 0 Å². The summed E-state index contributed by atoms with van der Waals surface area (Å²) in [5, 5.41) is 49.3. The molecule has 0 bridgehead atoms. The summed E-state index contributed by atoms with van der Waals surface area (Å²) in [6, 6.07) is 1.99. The molecule has 520 valence electrons. The van der Waals surface area contributed by atoms with Gasteiger partial charge in [-0.05, 0) is 147 Å². The molecular formula is C59H130N20O3S6. The van der Waals surface area contributed by atoms with Gasteiger partial charge in [0, 0.05) is 38.8 Å². The Balaban J connectivity index is -0.0000000451. The molecule has 0 saturated heterocycles. The lowest BCUT2D eigenvalue weighted by Crippen LogP contribution is -1.71.